The van der Waals surface area contributed by atoms with Crippen LogP contribution in [0.5, 0.6) is 0 Å². The van der Waals surface area contributed by atoms with Crippen LogP contribution in [0.15, 0.2) is 30.5 Å². The summed E-state index contributed by atoms with van der Waals surface area (Å²) in [5, 5.41) is 6.70. The van der Waals surface area contributed by atoms with Gasteiger partial charge in [-0.1, -0.05) is 64.2 Å². The summed E-state index contributed by atoms with van der Waals surface area (Å²) in [7, 11) is -1.50. The van der Waals surface area contributed by atoms with Crippen LogP contribution in [0.1, 0.15) is 118 Å². The number of fused-ring (bicyclic) bond motifs is 5. The number of ether oxygens (including phenoxy) is 1. The van der Waals surface area contributed by atoms with E-state index in [2.05, 4.69) is 83.8 Å². The zero-order chi connectivity index (χ0) is 34.3. The highest BCUT2D eigenvalue weighted by Gasteiger charge is 2.39. The van der Waals surface area contributed by atoms with Crippen LogP contribution in [0.2, 0.25) is 0 Å². The maximum absolute atomic E-state index is 14.0. The fourth-order valence-electron chi connectivity index (χ4n) is 9.32. The molecule has 11 heteroatoms. The van der Waals surface area contributed by atoms with E-state index in [4.69, 9.17) is 14.7 Å². The smallest absolute Gasteiger partial charge is 0.216 e. The van der Waals surface area contributed by atoms with Gasteiger partial charge in [-0.05, 0) is 80.0 Å². The van der Waals surface area contributed by atoms with Gasteiger partial charge in [0.2, 0.25) is 10.0 Å². The lowest BCUT2D eigenvalue weighted by molar-refractivity contribution is -0.0491. The molecule has 5 unspecified atom stereocenters. The van der Waals surface area contributed by atoms with Gasteiger partial charge < -0.3 is 9.30 Å². The summed E-state index contributed by atoms with van der Waals surface area (Å²) >= 11 is 0. The number of hydrogen-bond donors (Lipinski definition) is 3. The molecule has 7 rings (SSSR count). The Morgan fingerprint density at radius 3 is 2.55 bits per heavy atom. The molecule has 2 aliphatic carbocycles. The van der Waals surface area contributed by atoms with Crippen LogP contribution >= 0.6 is 0 Å². The number of aromatic nitrogens is 3. The molecule has 0 amide bonds. The normalized spacial score (nSPS) is 30.2. The maximum atomic E-state index is 14.0. The molecular weight excluding hydrogens is 635 g/mol. The van der Waals surface area contributed by atoms with Crippen molar-refractivity contribution in [2.45, 2.75) is 134 Å². The number of aryl methyl sites for hydroxylation is 3. The lowest BCUT2D eigenvalue weighted by atomic mass is 9.87. The SMILES string of the molecule is Cc1cccc(C)c1C1CC2NC(N1)NS(=O)(=O)C1CCCC(C1)CN(Cc1cnc3cc(C(C)C)n(C)c3n1)[C@H](CC1CCCC1)CO2. The third kappa shape index (κ3) is 7.77. The number of rotatable bonds is 6. The van der Waals surface area contributed by atoms with Gasteiger partial charge in [-0.2, -0.15) is 4.72 Å². The molecule has 0 radical (unpaired) electrons. The molecule has 2 saturated carbocycles. The lowest BCUT2D eigenvalue weighted by Crippen LogP contribution is -2.64. The van der Waals surface area contributed by atoms with Crippen LogP contribution in [0.3, 0.4) is 0 Å². The fraction of sp³-hybridized carbons (Fsp3) is 0.684. The molecule has 3 N–H and O–H groups in total. The summed E-state index contributed by atoms with van der Waals surface area (Å²) in [4.78, 5) is 12.7. The quantitative estimate of drug-likeness (QED) is 0.293. The van der Waals surface area contributed by atoms with E-state index >= 15 is 0 Å². The zero-order valence-electron chi connectivity index (χ0n) is 30.1. The Kier molecular flexibility index (Phi) is 10.5. The van der Waals surface area contributed by atoms with Crippen molar-refractivity contribution in [3.05, 3.63) is 58.5 Å². The summed E-state index contributed by atoms with van der Waals surface area (Å²) in [5.74, 6) is 1.35. The lowest BCUT2D eigenvalue weighted by Gasteiger charge is -2.40. The number of sulfonamides is 1. The van der Waals surface area contributed by atoms with Crippen molar-refractivity contribution in [3.8, 4) is 0 Å². The molecule has 2 aliphatic heterocycles. The summed E-state index contributed by atoms with van der Waals surface area (Å²) in [6.07, 6.45) is 11.3. The van der Waals surface area contributed by atoms with E-state index in [0.29, 0.717) is 44.2 Å². The predicted molar refractivity (Wildman–Crippen MR) is 194 cm³/mol. The molecule has 2 aromatic heterocycles. The Balaban J connectivity index is 1.23. The first-order valence-corrected chi connectivity index (χ1v) is 20.3. The van der Waals surface area contributed by atoms with Crippen LogP contribution in [0.4, 0.5) is 0 Å². The molecule has 4 fully saturated rings. The Labute approximate surface area is 293 Å². The molecule has 10 nitrogen and oxygen atoms in total. The average molecular weight is 692 g/mol. The summed E-state index contributed by atoms with van der Waals surface area (Å²) < 4.78 is 40.1. The van der Waals surface area contributed by atoms with Gasteiger partial charge in [-0.25, -0.2) is 13.4 Å². The van der Waals surface area contributed by atoms with Gasteiger partial charge in [0.25, 0.3) is 0 Å². The van der Waals surface area contributed by atoms with Crippen LogP contribution in [-0.2, 0) is 28.4 Å². The largest absolute Gasteiger partial charge is 0.362 e. The minimum atomic E-state index is -3.59. The van der Waals surface area contributed by atoms with E-state index < -0.39 is 21.6 Å². The van der Waals surface area contributed by atoms with E-state index in [9.17, 15) is 8.42 Å². The fourth-order valence-corrected chi connectivity index (χ4v) is 11.0. The van der Waals surface area contributed by atoms with Crippen LogP contribution < -0.4 is 15.4 Å². The standard InChI is InChI=1S/C38H57N7O3S/c1-24(2)34-18-33-37(44(34)5)40-29(20-39-33)22-45-21-28-14-9-15-31(17-28)49(46,47)43-38-41-32(36-25(3)10-8-11-26(36)4)19-35(42-38)48-23-30(45)16-27-12-6-7-13-27/h8,10-11,18,20,24,27-28,30-32,35,38,41-43H,6-7,9,12-17,19,21-23H2,1-5H3/t28?,30-,31?,32?,35?,38?/m1/s1. The van der Waals surface area contributed by atoms with Gasteiger partial charge in [-0.3, -0.25) is 20.5 Å². The molecule has 4 heterocycles. The van der Waals surface area contributed by atoms with Gasteiger partial charge in [-0.15, -0.1) is 0 Å². The predicted octanol–water partition coefficient (Wildman–Crippen LogP) is 5.90. The number of nitrogens with zero attached hydrogens (tertiary/aromatic N) is 4. The summed E-state index contributed by atoms with van der Waals surface area (Å²) in [6, 6.07) is 8.68. The molecule has 4 bridgehead atoms. The van der Waals surface area contributed by atoms with Crippen molar-refractivity contribution >= 4 is 21.2 Å². The van der Waals surface area contributed by atoms with Crippen molar-refractivity contribution in [1.29, 1.82) is 0 Å². The third-order valence-electron chi connectivity index (χ3n) is 11.9. The number of hydrogen-bond acceptors (Lipinski definition) is 8. The van der Waals surface area contributed by atoms with Crippen molar-refractivity contribution < 1.29 is 13.2 Å². The zero-order valence-corrected chi connectivity index (χ0v) is 30.9. The molecule has 1 aromatic carbocycles. The maximum Gasteiger partial charge on any atom is 0.216 e. The van der Waals surface area contributed by atoms with Crippen molar-refractivity contribution in [3.63, 3.8) is 0 Å². The van der Waals surface area contributed by atoms with Crippen LogP contribution in [0, 0.1) is 25.7 Å². The Hall–Kier alpha value is -2.41. The average Bonchev–Trinajstić information content (AvgIpc) is 3.70. The second-order valence-electron chi connectivity index (χ2n) is 15.8. The Morgan fingerprint density at radius 1 is 1.02 bits per heavy atom. The minimum Gasteiger partial charge on any atom is -0.362 e. The highest BCUT2D eigenvalue weighted by atomic mass is 32.2. The van der Waals surface area contributed by atoms with E-state index in [-0.39, 0.29) is 24.2 Å². The van der Waals surface area contributed by atoms with Crippen LogP contribution in [0.25, 0.3) is 11.2 Å². The first kappa shape index (κ1) is 35.0. The summed E-state index contributed by atoms with van der Waals surface area (Å²) in [5.41, 5.74) is 7.68. The van der Waals surface area contributed by atoms with Crippen molar-refractivity contribution in [1.82, 2.24) is 34.8 Å². The second kappa shape index (κ2) is 14.7. The topological polar surface area (TPSA) is 113 Å². The molecule has 2 saturated heterocycles. The van der Waals surface area contributed by atoms with Gasteiger partial charge in [0.15, 0.2) is 5.65 Å². The monoisotopic (exact) mass is 691 g/mol. The summed E-state index contributed by atoms with van der Waals surface area (Å²) in [6.45, 7) is 10.8. The molecule has 6 atom stereocenters. The highest BCUT2D eigenvalue weighted by Crippen LogP contribution is 2.35. The number of benzene rings is 1. The minimum absolute atomic E-state index is 0.0446. The second-order valence-corrected chi connectivity index (χ2v) is 17.8. The first-order valence-electron chi connectivity index (χ1n) is 18.8. The first-order chi connectivity index (χ1) is 23.5. The molecule has 3 aromatic rings. The third-order valence-corrected chi connectivity index (χ3v) is 13.7. The number of nitrogens with one attached hydrogen (secondary N) is 3. The van der Waals surface area contributed by atoms with Gasteiger partial charge in [0.1, 0.15) is 18.0 Å². The van der Waals surface area contributed by atoms with E-state index in [1.165, 1.54) is 48.1 Å². The Bertz CT molecular complexity index is 1700. The van der Waals surface area contributed by atoms with E-state index in [1.54, 1.807) is 0 Å². The molecule has 49 heavy (non-hydrogen) atoms. The van der Waals surface area contributed by atoms with Gasteiger partial charge in [0, 0.05) is 44.3 Å². The van der Waals surface area contributed by atoms with Gasteiger partial charge in [0.05, 0.1) is 23.7 Å². The molecule has 0 spiro atoms. The van der Waals surface area contributed by atoms with Crippen LogP contribution in [-0.4, -0.2) is 64.8 Å². The van der Waals surface area contributed by atoms with Crippen molar-refractivity contribution in [2.75, 3.05) is 13.2 Å². The highest BCUT2D eigenvalue weighted by molar-refractivity contribution is 7.90. The van der Waals surface area contributed by atoms with Crippen molar-refractivity contribution in [2.24, 2.45) is 18.9 Å². The van der Waals surface area contributed by atoms with Gasteiger partial charge >= 0.3 is 0 Å². The van der Waals surface area contributed by atoms with E-state index in [1.807, 2.05) is 6.20 Å². The molecular formula is C38H57N7O3S. The molecule has 4 aliphatic rings. The van der Waals surface area contributed by atoms with E-state index in [0.717, 1.165) is 42.7 Å². The molecule has 268 valence electrons. The Morgan fingerprint density at radius 2 is 1.80 bits per heavy atom.